The summed E-state index contributed by atoms with van der Waals surface area (Å²) in [5.74, 6) is 0.794. The Bertz CT molecular complexity index is 1310. The summed E-state index contributed by atoms with van der Waals surface area (Å²) >= 11 is 12.9. The van der Waals surface area contributed by atoms with Crippen LogP contribution in [0, 0.1) is 0 Å². The number of allylic oxidation sites excluding steroid dienone is 1. The lowest BCUT2D eigenvalue weighted by Crippen LogP contribution is -2.42. The number of benzene rings is 2. The van der Waals surface area contributed by atoms with E-state index in [2.05, 4.69) is 66.1 Å². The van der Waals surface area contributed by atoms with Gasteiger partial charge in [0.05, 0.1) is 30.4 Å². The Morgan fingerprint density at radius 1 is 1.11 bits per heavy atom. The van der Waals surface area contributed by atoms with E-state index in [1.165, 1.54) is 11.1 Å². The van der Waals surface area contributed by atoms with E-state index in [9.17, 15) is 0 Å². The first kappa shape index (κ1) is 23.6. The maximum Gasteiger partial charge on any atom is 0.174 e. The first-order chi connectivity index (χ1) is 16.7. The standard InChI is InChI=1S/C28H29ClN4OS/c1-17-16-28(2,3)32(4)24-15-22(29)21(14-20(17)24)26-25(23-8-6-7-13-30-23)31-27(35)33(26)18-9-11-19(34-5)12-10-18/h6-16,25-26H,1-5H3,(H,31,35)/t25-,26-/m1/s1. The third-order valence-corrected chi connectivity index (χ3v) is 7.74. The largest absolute Gasteiger partial charge is 0.497 e. The third-order valence-electron chi connectivity index (χ3n) is 7.10. The Kier molecular flexibility index (Phi) is 5.98. The van der Waals surface area contributed by atoms with Gasteiger partial charge in [-0.3, -0.25) is 4.98 Å². The highest BCUT2D eigenvalue weighted by molar-refractivity contribution is 7.80. The van der Waals surface area contributed by atoms with E-state index in [-0.39, 0.29) is 17.6 Å². The van der Waals surface area contributed by atoms with Crippen LogP contribution < -0.4 is 19.9 Å². The maximum absolute atomic E-state index is 7.06. The van der Waals surface area contributed by atoms with E-state index in [1.54, 1.807) is 7.11 Å². The molecule has 1 saturated heterocycles. The molecule has 2 atom stereocenters. The number of pyridine rings is 1. The average molecular weight is 505 g/mol. The van der Waals surface area contributed by atoms with Gasteiger partial charge in [-0.15, -0.1) is 0 Å². The molecule has 0 spiro atoms. The van der Waals surface area contributed by atoms with Crippen molar-refractivity contribution in [3.05, 3.63) is 88.7 Å². The summed E-state index contributed by atoms with van der Waals surface area (Å²) < 4.78 is 5.37. The van der Waals surface area contributed by atoms with Crippen LogP contribution in [0.15, 0.2) is 66.9 Å². The molecular formula is C28H29ClN4OS. The van der Waals surface area contributed by atoms with Crippen molar-refractivity contribution < 1.29 is 4.74 Å². The Labute approximate surface area is 217 Å². The van der Waals surface area contributed by atoms with Gasteiger partial charge in [-0.25, -0.2) is 0 Å². The zero-order valence-electron chi connectivity index (χ0n) is 20.5. The molecule has 1 fully saturated rings. The molecule has 0 aliphatic carbocycles. The number of aromatic nitrogens is 1. The highest BCUT2D eigenvalue weighted by Gasteiger charge is 2.42. The molecule has 0 unspecified atom stereocenters. The van der Waals surface area contributed by atoms with Gasteiger partial charge in [0.25, 0.3) is 0 Å². The molecule has 5 rings (SSSR count). The van der Waals surface area contributed by atoms with Crippen LogP contribution in [0.3, 0.4) is 0 Å². The van der Waals surface area contributed by atoms with Crippen LogP contribution in [0.1, 0.15) is 49.7 Å². The molecule has 1 N–H and O–H groups in total. The number of rotatable bonds is 4. The molecule has 0 bridgehead atoms. The van der Waals surface area contributed by atoms with Crippen LogP contribution in [0.25, 0.3) is 5.57 Å². The Morgan fingerprint density at radius 2 is 1.86 bits per heavy atom. The molecule has 5 nitrogen and oxygen atoms in total. The number of nitrogens with zero attached hydrogens (tertiary/aromatic N) is 3. The number of thiocarbonyl (C=S) groups is 1. The summed E-state index contributed by atoms with van der Waals surface area (Å²) in [6, 6.07) is 17.9. The van der Waals surface area contributed by atoms with E-state index < -0.39 is 0 Å². The number of fused-ring (bicyclic) bond motifs is 1. The Hall–Kier alpha value is -3.09. The lowest BCUT2D eigenvalue weighted by atomic mass is 9.86. The number of hydrogen-bond acceptors (Lipinski definition) is 4. The van der Waals surface area contributed by atoms with Crippen LogP contribution in [0.2, 0.25) is 5.02 Å². The summed E-state index contributed by atoms with van der Waals surface area (Å²) in [7, 11) is 3.78. The molecule has 180 valence electrons. The van der Waals surface area contributed by atoms with Crippen LogP contribution in [0.4, 0.5) is 11.4 Å². The van der Waals surface area contributed by atoms with Crippen molar-refractivity contribution in [3.63, 3.8) is 0 Å². The van der Waals surface area contributed by atoms with Gasteiger partial charge in [-0.2, -0.15) is 0 Å². The smallest absolute Gasteiger partial charge is 0.174 e. The lowest BCUT2D eigenvalue weighted by molar-refractivity contribution is 0.415. The van der Waals surface area contributed by atoms with Gasteiger partial charge in [-0.05, 0) is 92.7 Å². The molecule has 2 aliphatic rings. The number of halogens is 1. The Balaban J connectivity index is 1.68. The molecule has 2 aromatic carbocycles. The van der Waals surface area contributed by atoms with Crippen LogP contribution in [-0.4, -0.2) is 29.8 Å². The second kappa shape index (κ2) is 8.85. The number of anilines is 2. The highest BCUT2D eigenvalue weighted by Crippen LogP contribution is 2.48. The van der Waals surface area contributed by atoms with Crippen molar-refractivity contribution in [2.75, 3.05) is 24.0 Å². The molecule has 3 heterocycles. The van der Waals surface area contributed by atoms with E-state index in [1.807, 2.05) is 48.7 Å². The van der Waals surface area contributed by atoms with Gasteiger partial charge in [0, 0.05) is 35.2 Å². The number of hydrogen-bond donors (Lipinski definition) is 1. The number of nitrogens with one attached hydrogen (secondary N) is 1. The molecule has 0 saturated carbocycles. The Morgan fingerprint density at radius 3 is 2.51 bits per heavy atom. The first-order valence-corrected chi connectivity index (χ1v) is 12.4. The molecule has 1 aromatic heterocycles. The molecule has 35 heavy (non-hydrogen) atoms. The second-order valence-corrected chi connectivity index (χ2v) is 10.4. The minimum atomic E-state index is -0.184. The van der Waals surface area contributed by atoms with E-state index in [0.717, 1.165) is 28.4 Å². The predicted molar refractivity (Wildman–Crippen MR) is 149 cm³/mol. The first-order valence-electron chi connectivity index (χ1n) is 11.6. The fraction of sp³-hybridized carbons (Fsp3) is 0.286. The zero-order valence-corrected chi connectivity index (χ0v) is 22.1. The summed E-state index contributed by atoms with van der Waals surface area (Å²) in [6.07, 6.45) is 4.12. The third kappa shape index (κ3) is 4.05. The van der Waals surface area contributed by atoms with Crippen LogP contribution in [0.5, 0.6) is 5.75 Å². The molecule has 0 radical (unpaired) electrons. The van der Waals surface area contributed by atoms with Gasteiger partial charge in [0.2, 0.25) is 0 Å². The quantitative estimate of drug-likeness (QED) is 0.406. The molecular weight excluding hydrogens is 476 g/mol. The van der Waals surface area contributed by atoms with Gasteiger partial charge < -0.3 is 19.9 Å². The number of likely N-dealkylation sites (N-methyl/N-ethyl adjacent to an activating group) is 1. The molecule has 3 aromatic rings. The van der Waals surface area contributed by atoms with Crippen molar-refractivity contribution in [1.82, 2.24) is 10.3 Å². The van der Waals surface area contributed by atoms with Crippen molar-refractivity contribution in [3.8, 4) is 5.75 Å². The molecule has 0 amide bonds. The fourth-order valence-corrected chi connectivity index (χ4v) is 5.72. The van der Waals surface area contributed by atoms with Gasteiger partial charge in [0.1, 0.15) is 5.75 Å². The average Bonchev–Trinajstić information content (AvgIpc) is 3.19. The highest BCUT2D eigenvalue weighted by atomic mass is 35.5. The SMILES string of the molecule is COc1ccc(N2C(=S)N[C@H](c3ccccn3)[C@H]2c2cc3c(cc2Cl)N(C)C(C)(C)C=C3C)cc1. The van der Waals surface area contributed by atoms with Crippen molar-refractivity contribution in [1.29, 1.82) is 0 Å². The monoisotopic (exact) mass is 504 g/mol. The van der Waals surface area contributed by atoms with Crippen molar-refractivity contribution in [2.45, 2.75) is 38.4 Å². The molecule has 7 heteroatoms. The van der Waals surface area contributed by atoms with E-state index >= 15 is 0 Å². The topological polar surface area (TPSA) is 40.6 Å². The fourth-order valence-electron chi connectivity index (χ4n) is 5.11. The zero-order chi connectivity index (χ0) is 24.9. The number of ether oxygens (including phenoxy) is 1. The normalized spacial score (nSPS) is 20.9. The lowest BCUT2D eigenvalue weighted by Gasteiger charge is -2.41. The van der Waals surface area contributed by atoms with Crippen LogP contribution >= 0.6 is 23.8 Å². The van der Waals surface area contributed by atoms with Gasteiger partial charge in [0.15, 0.2) is 5.11 Å². The number of methoxy groups -OCH3 is 1. The minimum absolute atomic E-state index is 0.0932. The minimum Gasteiger partial charge on any atom is -0.497 e. The van der Waals surface area contributed by atoms with E-state index in [0.29, 0.717) is 10.1 Å². The van der Waals surface area contributed by atoms with Crippen LogP contribution in [-0.2, 0) is 0 Å². The summed E-state index contributed by atoms with van der Waals surface area (Å²) in [4.78, 5) is 9.07. The maximum atomic E-state index is 7.06. The van der Waals surface area contributed by atoms with Crippen molar-refractivity contribution >= 4 is 45.9 Å². The second-order valence-electron chi connectivity index (χ2n) is 9.63. The summed E-state index contributed by atoms with van der Waals surface area (Å²) in [6.45, 7) is 6.59. The van der Waals surface area contributed by atoms with Gasteiger partial charge >= 0.3 is 0 Å². The molecule has 2 aliphatic heterocycles. The summed E-state index contributed by atoms with van der Waals surface area (Å²) in [5, 5.41) is 4.86. The van der Waals surface area contributed by atoms with Crippen molar-refractivity contribution in [2.24, 2.45) is 0 Å². The van der Waals surface area contributed by atoms with E-state index in [4.69, 9.17) is 28.6 Å². The van der Waals surface area contributed by atoms with Gasteiger partial charge in [-0.1, -0.05) is 23.7 Å². The predicted octanol–water partition coefficient (Wildman–Crippen LogP) is 6.55. The summed E-state index contributed by atoms with van der Waals surface area (Å²) in [5.41, 5.74) is 6.33.